The molecule has 0 radical (unpaired) electrons. The topological polar surface area (TPSA) is 194 Å². The first-order valence-corrected chi connectivity index (χ1v) is 13.4. The Morgan fingerprint density at radius 2 is 1.42 bits per heavy atom. The molecule has 11 nitrogen and oxygen atoms in total. The fraction of sp³-hybridized carbons (Fsp3) is 0.750. The molecule has 5 unspecified atom stereocenters. The summed E-state index contributed by atoms with van der Waals surface area (Å²) in [6.07, 6.45) is 4.30. The van der Waals surface area contributed by atoms with Gasteiger partial charge >= 0.3 is 5.97 Å². The number of aliphatic carboxylic acids is 1. The summed E-state index contributed by atoms with van der Waals surface area (Å²) in [6.45, 7) is 3.59. The largest absolute Gasteiger partial charge is 0.480 e. The maximum atomic E-state index is 13.0. The molecule has 0 spiro atoms. The van der Waals surface area contributed by atoms with Crippen LogP contribution in [0.5, 0.6) is 0 Å². The van der Waals surface area contributed by atoms with Crippen molar-refractivity contribution < 1.29 is 29.1 Å². The van der Waals surface area contributed by atoms with Crippen LogP contribution in [0.4, 0.5) is 0 Å². The van der Waals surface area contributed by atoms with E-state index in [1.54, 1.807) is 24.9 Å². The molecular formula is C20H37N5O6S2. The predicted molar refractivity (Wildman–Crippen MR) is 131 cm³/mol. The summed E-state index contributed by atoms with van der Waals surface area (Å²) in [7, 11) is 0. The molecule has 8 N–H and O–H groups in total. The molecule has 0 aromatic carbocycles. The molecule has 0 saturated carbocycles. The first-order valence-electron chi connectivity index (χ1n) is 10.6. The molecule has 0 rings (SSSR count). The summed E-state index contributed by atoms with van der Waals surface area (Å²) in [5.41, 5.74) is 11.1. The van der Waals surface area contributed by atoms with Gasteiger partial charge in [0.15, 0.2) is 0 Å². The van der Waals surface area contributed by atoms with E-state index in [1.807, 2.05) is 13.2 Å². The fourth-order valence-corrected chi connectivity index (χ4v) is 3.74. The highest BCUT2D eigenvalue weighted by molar-refractivity contribution is 7.98. The Balaban J connectivity index is 5.48. The van der Waals surface area contributed by atoms with Gasteiger partial charge in [-0.2, -0.15) is 23.5 Å². The number of amides is 4. The Morgan fingerprint density at radius 3 is 1.91 bits per heavy atom. The van der Waals surface area contributed by atoms with Gasteiger partial charge in [0.1, 0.15) is 18.1 Å². The molecule has 0 saturated heterocycles. The number of rotatable bonds is 17. The van der Waals surface area contributed by atoms with E-state index >= 15 is 0 Å². The van der Waals surface area contributed by atoms with Gasteiger partial charge in [-0.05, 0) is 42.8 Å². The molecule has 0 aliphatic heterocycles. The van der Waals surface area contributed by atoms with Crippen LogP contribution in [0.2, 0.25) is 0 Å². The van der Waals surface area contributed by atoms with Gasteiger partial charge in [0, 0.05) is 0 Å². The van der Waals surface area contributed by atoms with Crippen LogP contribution in [0, 0.1) is 5.92 Å². The van der Waals surface area contributed by atoms with Gasteiger partial charge in [-0.25, -0.2) is 4.79 Å². The van der Waals surface area contributed by atoms with Crippen molar-refractivity contribution in [1.29, 1.82) is 0 Å². The van der Waals surface area contributed by atoms with Crippen LogP contribution in [-0.4, -0.2) is 82.9 Å². The normalized spacial score (nSPS) is 15.4. The molecule has 0 aliphatic rings. The summed E-state index contributed by atoms with van der Waals surface area (Å²) < 4.78 is 0. The number of hydrogen-bond acceptors (Lipinski definition) is 8. The smallest absolute Gasteiger partial charge is 0.326 e. The fourth-order valence-electron chi connectivity index (χ4n) is 2.78. The molecule has 0 aromatic rings. The van der Waals surface area contributed by atoms with Crippen LogP contribution in [-0.2, 0) is 24.0 Å². The van der Waals surface area contributed by atoms with E-state index in [-0.39, 0.29) is 12.3 Å². The van der Waals surface area contributed by atoms with Crippen molar-refractivity contribution in [3.8, 4) is 0 Å². The third kappa shape index (κ3) is 12.2. The van der Waals surface area contributed by atoms with Gasteiger partial charge in [-0.3, -0.25) is 19.2 Å². The number of primary amides is 1. The number of nitrogens with two attached hydrogens (primary N) is 2. The summed E-state index contributed by atoms with van der Waals surface area (Å²) in [6, 6.07) is -4.37. The number of thioether (sulfide) groups is 2. The molecule has 5 atom stereocenters. The van der Waals surface area contributed by atoms with E-state index in [1.165, 1.54) is 11.8 Å². The number of carbonyl (C=O) groups excluding carboxylic acids is 4. The quantitative estimate of drug-likeness (QED) is 0.147. The highest BCUT2D eigenvalue weighted by Gasteiger charge is 2.33. The van der Waals surface area contributed by atoms with Gasteiger partial charge in [-0.1, -0.05) is 20.3 Å². The van der Waals surface area contributed by atoms with Crippen molar-refractivity contribution in [2.75, 3.05) is 24.0 Å². The number of nitrogens with one attached hydrogen (secondary N) is 3. The van der Waals surface area contributed by atoms with Crippen LogP contribution in [0.1, 0.15) is 39.5 Å². The second kappa shape index (κ2) is 16.6. The first-order chi connectivity index (χ1) is 15.5. The lowest BCUT2D eigenvalue weighted by Gasteiger charge is -2.27. The van der Waals surface area contributed by atoms with Crippen molar-refractivity contribution >= 4 is 53.1 Å². The highest BCUT2D eigenvalue weighted by Crippen LogP contribution is 2.10. The Kier molecular flexibility index (Phi) is 15.6. The lowest BCUT2D eigenvalue weighted by Crippen LogP contribution is -2.59. The Morgan fingerprint density at radius 1 is 0.879 bits per heavy atom. The van der Waals surface area contributed by atoms with Gasteiger partial charge in [-0.15, -0.1) is 0 Å². The summed E-state index contributed by atoms with van der Waals surface area (Å²) in [4.78, 5) is 61.1. The Hall–Kier alpha value is -1.99. The standard InChI is InChI=1S/C20H37N5O6S2/c1-5-11(2)16(25-17(27)12(21)6-8-32-3)19(29)24-14(10-15(22)26)18(28)23-13(20(30)31)7-9-33-4/h11-14,16H,5-10,21H2,1-4H3,(H2,22,26)(H,23,28)(H,24,29)(H,25,27)(H,30,31). The second-order valence-electron chi connectivity index (χ2n) is 7.67. The third-order valence-electron chi connectivity index (χ3n) is 5.03. The maximum Gasteiger partial charge on any atom is 0.326 e. The molecule has 190 valence electrons. The molecular weight excluding hydrogens is 470 g/mol. The SMILES string of the molecule is CCC(C)C(NC(=O)C(N)CCSC)C(=O)NC(CC(N)=O)C(=O)NC(CCSC)C(=O)O. The lowest BCUT2D eigenvalue weighted by molar-refractivity contribution is -0.142. The minimum atomic E-state index is -1.39. The molecule has 0 bridgehead atoms. The average molecular weight is 508 g/mol. The average Bonchev–Trinajstić information content (AvgIpc) is 2.76. The van der Waals surface area contributed by atoms with E-state index in [0.717, 1.165) is 0 Å². The molecule has 33 heavy (non-hydrogen) atoms. The molecule has 13 heteroatoms. The van der Waals surface area contributed by atoms with E-state index in [2.05, 4.69) is 16.0 Å². The van der Waals surface area contributed by atoms with Crippen LogP contribution >= 0.6 is 23.5 Å². The zero-order valence-corrected chi connectivity index (χ0v) is 21.2. The van der Waals surface area contributed by atoms with Crippen LogP contribution in [0.3, 0.4) is 0 Å². The van der Waals surface area contributed by atoms with E-state index < -0.39 is 60.2 Å². The Bertz CT molecular complexity index is 681. The number of carboxylic acid groups (broad SMARTS) is 1. The van der Waals surface area contributed by atoms with Gasteiger partial charge in [0.25, 0.3) is 0 Å². The zero-order valence-electron chi connectivity index (χ0n) is 19.6. The number of carbonyl (C=O) groups is 5. The van der Waals surface area contributed by atoms with Crippen molar-refractivity contribution in [1.82, 2.24) is 16.0 Å². The first kappa shape index (κ1) is 31.0. The zero-order chi connectivity index (χ0) is 25.6. The summed E-state index contributed by atoms with van der Waals surface area (Å²) in [5.74, 6) is -3.25. The maximum absolute atomic E-state index is 13.0. The van der Waals surface area contributed by atoms with Gasteiger partial charge in [0.05, 0.1) is 12.5 Å². The van der Waals surface area contributed by atoms with Crippen molar-refractivity contribution in [2.24, 2.45) is 17.4 Å². The van der Waals surface area contributed by atoms with Crippen molar-refractivity contribution in [2.45, 2.75) is 63.7 Å². The monoisotopic (exact) mass is 507 g/mol. The molecule has 0 heterocycles. The summed E-state index contributed by atoms with van der Waals surface area (Å²) in [5, 5.41) is 16.8. The molecule has 0 aromatic heterocycles. The van der Waals surface area contributed by atoms with E-state index in [9.17, 15) is 29.1 Å². The minimum Gasteiger partial charge on any atom is -0.480 e. The molecule has 4 amide bonds. The molecule has 0 aliphatic carbocycles. The van der Waals surface area contributed by atoms with E-state index in [4.69, 9.17) is 11.5 Å². The molecule has 0 fully saturated rings. The minimum absolute atomic E-state index is 0.166. The summed E-state index contributed by atoms with van der Waals surface area (Å²) >= 11 is 2.96. The van der Waals surface area contributed by atoms with Crippen LogP contribution in [0.15, 0.2) is 0 Å². The van der Waals surface area contributed by atoms with Crippen molar-refractivity contribution in [3.63, 3.8) is 0 Å². The van der Waals surface area contributed by atoms with Gasteiger partial charge < -0.3 is 32.5 Å². The Labute approximate surface area is 203 Å². The van der Waals surface area contributed by atoms with Crippen LogP contribution < -0.4 is 27.4 Å². The third-order valence-corrected chi connectivity index (χ3v) is 6.31. The van der Waals surface area contributed by atoms with E-state index in [0.29, 0.717) is 24.3 Å². The lowest BCUT2D eigenvalue weighted by atomic mass is 9.97. The second-order valence-corrected chi connectivity index (χ2v) is 9.64. The number of hydrogen-bond donors (Lipinski definition) is 6. The van der Waals surface area contributed by atoms with Gasteiger partial charge in [0.2, 0.25) is 23.6 Å². The highest BCUT2D eigenvalue weighted by atomic mass is 32.2. The number of carboxylic acids is 1. The van der Waals surface area contributed by atoms with Crippen LogP contribution in [0.25, 0.3) is 0 Å². The van der Waals surface area contributed by atoms with Crippen molar-refractivity contribution in [3.05, 3.63) is 0 Å². The predicted octanol–water partition coefficient (Wildman–Crippen LogP) is -0.720.